The van der Waals surface area contributed by atoms with Gasteiger partial charge in [0.25, 0.3) is 0 Å². The average Bonchev–Trinajstić information content (AvgIpc) is 3.73. The van der Waals surface area contributed by atoms with Crippen molar-refractivity contribution in [2.45, 2.75) is 145 Å². The van der Waals surface area contributed by atoms with Crippen LogP contribution in [0.4, 0.5) is 0 Å². The summed E-state index contributed by atoms with van der Waals surface area (Å²) in [5, 5.41) is 0. The molecule has 0 heterocycles. The molecule has 2 aromatic rings. The van der Waals surface area contributed by atoms with Crippen molar-refractivity contribution in [3.8, 4) is 0 Å². The Morgan fingerprint density at radius 3 is 1.98 bits per heavy atom. The third-order valence-electron chi connectivity index (χ3n) is 17.5. The SMILES string of the molecule is C[C-]1C2=C3Cc4ccccc4C3=C3C=CC(C)C(C)C3(C)C2(C)C(C)C(C)C1C.Cc1cc(C23CC4CC(CC(C4)C2)C3)c[cH-]1.[Cl-].[Cl-].[Zr+2]=[C]1CCCCC1. The summed E-state index contributed by atoms with van der Waals surface area (Å²) < 4.78 is 1.80. The molecular weight excluding hydrogens is 775 g/mol. The predicted octanol–water partition coefficient (Wildman–Crippen LogP) is 7.54. The molecule has 0 amide bonds. The first kappa shape index (κ1) is 42.6. The molecule has 7 unspecified atom stereocenters. The van der Waals surface area contributed by atoms with Gasteiger partial charge in [0.05, 0.1) is 0 Å². The van der Waals surface area contributed by atoms with Crippen LogP contribution in [0.1, 0.15) is 148 Å². The van der Waals surface area contributed by atoms with E-state index in [1.165, 1.54) is 68.1 Å². The number of aryl methyl sites for hydroxylation is 1. The van der Waals surface area contributed by atoms with Gasteiger partial charge in [0.2, 0.25) is 0 Å². The average molecular weight is 843 g/mol. The predicted molar refractivity (Wildman–Crippen MR) is 219 cm³/mol. The molecule has 0 radical (unpaired) electrons. The zero-order valence-corrected chi connectivity index (χ0v) is 39.0. The van der Waals surface area contributed by atoms with Crippen molar-refractivity contribution in [2.75, 3.05) is 0 Å². The molecule has 0 saturated heterocycles. The zero-order chi connectivity index (χ0) is 36.7. The standard InChI is InChI=1S/C29H37.C16H21.C6H10.2ClH.Zr/c1-16-13-14-25-26-23-12-10-9-11-22(23)15-24(26)27-19(4)17(2)18(3)21(6)29(27,8)28(25,7)20(16)5;1-11-2-3-15(4-11)16-8-12-5-13(9-16)7-14(6-12)10-16;1-2-4-6-5-3-1;;;/h9-14,16-18,20-21H,15H2,1-8H3;2-4,12-14H,5-10H2,1H3;1-5H2;2*1H;/q2*-1;;;;+2/p-2. The molecule has 0 aliphatic heterocycles. The van der Waals surface area contributed by atoms with Crippen LogP contribution >= 0.6 is 0 Å². The van der Waals surface area contributed by atoms with Gasteiger partial charge in [0.15, 0.2) is 0 Å². The summed E-state index contributed by atoms with van der Waals surface area (Å²) in [6.07, 6.45) is 22.6. The fraction of sp³-hybridized carbons (Fsp3) is 0.627. The van der Waals surface area contributed by atoms with Crippen LogP contribution in [0.25, 0.3) is 5.57 Å². The normalized spacial score (nSPS) is 39.5. The second-order valence-corrected chi connectivity index (χ2v) is 21.8. The van der Waals surface area contributed by atoms with E-state index in [0.717, 1.165) is 24.2 Å². The van der Waals surface area contributed by atoms with E-state index in [1.807, 2.05) is 0 Å². The molecule has 2 aromatic carbocycles. The number of rotatable bonds is 1. The monoisotopic (exact) mass is 840 g/mol. The number of hydrogen-bond donors (Lipinski definition) is 0. The molecular formula is C51H68Cl2Zr-2. The van der Waals surface area contributed by atoms with Crippen LogP contribution in [-0.2, 0) is 36.1 Å². The molecule has 9 aliphatic rings. The fourth-order valence-corrected chi connectivity index (χ4v) is 15.0. The van der Waals surface area contributed by atoms with Gasteiger partial charge in [0, 0.05) is 5.41 Å². The first-order valence-corrected chi connectivity index (χ1v) is 22.9. The topological polar surface area (TPSA) is 0 Å². The Hall–Kier alpha value is -1.01. The molecule has 4 bridgehead atoms. The van der Waals surface area contributed by atoms with Crippen LogP contribution in [0.3, 0.4) is 0 Å². The van der Waals surface area contributed by atoms with Crippen LogP contribution in [0.15, 0.2) is 71.3 Å². The van der Waals surface area contributed by atoms with Crippen LogP contribution in [0, 0.1) is 71.0 Å². The van der Waals surface area contributed by atoms with Crippen molar-refractivity contribution in [3.63, 3.8) is 0 Å². The van der Waals surface area contributed by atoms with Crippen molar-refractivity contribution < 1.29 is 49.0 Å². The quantitative estimate of drug-likeness (QED) is 0.261. The zero-order valence-electron chi connectivity index (χ0n) is 35.1. The number of halogens is 2. The molecule has 7 atom stereocenters. The summed E-state index contributed by atoms with van der Waals surface area (Å²) >= 11 is 1.69. The van der Waals surface area contributed by atoms with Crippen molar-refractivity contribution in [1.29, 1.82) is 0 Å². The van der Waals surface area contributed by atoms with Gasteiger partial charge in [-0.15, -0.1) is 6.92 Å². The van der Waals surface area contributed by atoms with E-state index in [4.69, 9.17) is 0 Å². The van der Waals surface area contributed by atoms with Gasteiger partial charge >= 0.3 is 59.5 Å². The summed E-state index contributed by atoms with van der Waals surface area (Å²) in [4.78, 5) is 0. The Morgan fingerprint density at radius 2 is 1.43 bits per heavy atom. The van der Waals surface area contributed by atoms with E-state index in [2.05, 4.69) is 117 Å². The van der Waals surface area contributed by atoms with Gasteiger partial charge in [-0.05, 0) is 71.7 Å². The van der Waals surface area contributed by atoms with Gasteiger partial charge in [-0.1, -0.05) is 146 Å². The Labute approximate surface area is 357 Å². The summed E-state index contributed by atoms with van der Waals surface area (Å²) in [7, 11) is 0. The third-order valence-corrected chi connectivity index (χ3v) is 18.8. The summed E-state index contributed by atoms with van der Waals surface area (Å²) in [5.74, 6) is 8.14. The van der Waals surface area contributed by atoms with Crippen LogP contribution in [0.2, 0.25) is 0 Å². The second-order valence-electron chi connectivity index (χ2n) is 20.0. The Balaban J connectivity index is 0.000000166. The van der Waals surface area contributed by atoms with Crippen molar-refractivity contribution >= 4 is 8.78 Å². The molecule has 0 nitrogen and oxygen atoms in total. The van der Waals surface area contributed by atoms with Crippen molar-refractivity contribution in [3.05, 3.63) is 99.5 Å². The minimum atomic E-state index is 0. The van der Waals surface area contributed by atoms with E-state index >= 15 is 0 Å². The molecule has 292 valence electrons. The van der Waals surface area contributed by atoms with Gasteiger partial charge in [-0.3, -0.25) is 0 Å². The molecule has 0 N–H and O–H groups in total. The number of fused-ring (bicyclic) bond motifs is 6. The number of benzene rings is 1. The van der Waals surface area contributed by atoms with E-state index in [1.54, 1.807) is 80.5 Å². The number of hydrogen-bond acceptors (Lipinski definition) is 0. The molecule has 6 saturated carbocycles. The first-order chi connectivity index (χ1) is 24.8. The van der Waals surface area contributed by atoms with Gasteiger partial charge in [-0.25, -0.2) is 12.0 Å². The Bertz CT molecular complexity index is 1760. The van der Waals surface area contributed by atoms with E-state index in [-0.39, 0.29) is 35.6 Å². The van der Waals surface area contributed by atoms with Crippen molar-refractivity contribution in [1.82, 2.24) is 0 Å². The van der Waals surface area contributed by atoms with Gasteiger partial charge in [-0.2, -0.15) is 34.4 Å². The third kappa shape index (κ3) is 6.69. The molecule has 11 rings (SSSR count). The van der Waals surface area contributed by atoms with Crippen molar-refractivity contribution in [2.24, 2.45) is 58.2 Å². The molecule has 54 heavy (non-hydrogen) atoms. The molecule has 0 spiro atoms. The Kier molecular flexibility index (Phi) is 12.6. The number of allylic oxidation sites excluding steroid dienone is 6. The molecule has 6 fully saturated rings. The minimum absolute atomic E-state index is 0. The molecule has 0 aromatic heterocycles. The summed E-state index contributed by atoms with van der Waals surface area (Å²) in [6.45, 7) is 22.4. The molecule has 3 heteroatoms. The summed E-state index contributed by atoms with van der Waals surface area (Å²) in [5.41, 5.74) is 13.7. The Morgan fingerprint density at radius 1 is 0.815 bits per heavy atom. The van der Waals surface area contributed by atoms with Crippen LogP contribution in [0.5, 0.6) is 0 Å². The second kappa shape index (κ2) is 16.0. The van der Waals surface area contributed by atoms with Gasteiger partial charge < -0.3 is 24.8 Å². The summed E-state index contributed by atoms with van der Waals surface area (Å²) in [6, 6.07) is 16.4. The van der Waals surface area contributed by atoms with E-state index < -0.39 is 0 Å². The van der Waals surface area contributed by atoms with E-state index in [0.29, 0.717) is 35.0 Å². The van der Waals surface area contributed by atoms with Crippen LogP contribution < -0.4 is 24.8 Å². The maximum absolute atomic E-state index is 2.63. The van der Waals surface area contributed by atoms with Gasteiger partial charge in [0.1, 0.15) is 0 Å². The van der Waals surface area contributed by atoms with E-state index in [9.17, 15) is 0 Å². The van der Waals surface area contributed by atoms with Crippen LogP contribution in [-0.4, -0.2) is 3.21 Å². The first-order valence-electron chi connectivity index (χ1n) is 21.7. The molecule has 9 aliphatic carbocycles. The fourth-order valence-electron chi connectivity index (χ4n) is 14.2. The maximum atomic E-state index is 2.63.